The fourth-order valence-electron chi connectivity index (χ4n) is 3.48. The smallest absolute Gasteiger partial charge is 0.353 e. The molecule has 0 amide bonds. The molecule has 2 fully saturated rings. The highest BCUT2D eigenvalue weighted by atomic mass is 16.6. The summed E-state index contributed by atoms with van der Waals surface area (Å²) in [6.45, 7) is 8.31. The number of nitrogens with zero attached hydrogens (tertiary/aromatic N) is 5. The van der Waals surface area contributed by atoms with Gasteiger partial charge in [-0.25, -0.2) is 9.97 Å². The molecule has 3 heterocycles. The summed E-state index contributed by atoms with van der Waals surface area (Å²) < 4.78 is 5.33. The van der Waals surface area contributed by atoms with Crippen molar-refractivity contribution in [2.45, 2.75) is 19.3 Å². The molecule has 2 aliphatic heterocycles. The Morgan fingerprint density at radius 1 is 0.963 bits per heavy atom. The summed E-state index contributed by atoms with van der Waals surface area (Å²) in [4.78, 5) is 24.0. The second-order valence-electron chi connectivity index (χ2n) is 6.89. The van der Waals surface area contributed by atoms with E-state index in [1.165, 1.54) is 25.6 Å². The molecule has 0 aliphatic carbocycles. The minimum atomic E-state index is -0.416. The fourth-order valence-corrected chi connectivity index (χ4v) is 3.48. The molecule has 0 atom stereocenters. The Labute approximate surface area is 159 Å². The Hall–Kier alpha value is -2.04. The van der Waals surface area contributed by atoms with Crippen molar-refractivity contribution < 1.29 is 9.66 Å². The van der Waals surface area contributed by atoms with Crippen molar-refractivity contribution in [1.82, 2.24) is 19.8 Å². The molecule has 0 radical (unpaired) electrons. The maximum atomic E-state index is 11.6. The van der Waals surface area contributed by atoms with Gasteiger partial charge in [0.15, 0.2) is 0 Å². The Morgan fingerprint density at radius 2 is 1.52 bits per heavy atom. The number of morpholine rings is 1. The Balaban J connectivity index is 1.53. The van der Waals surface area contributed by atoms with Gasteiger partial charge in [-0.15, -0.1) is 0 Å². The van der Waals surface area contributed by atoms with E-state index in [4.69, 9.17) is 4.74 Å². The molecule has 0 saturated carbocycles. The van der Waals surface area contributed by atoms with Gasteiger partial charge < -0.3 is 20.3 Å². The van der Waals surface area contributed by atoms with Crippen LogP contribution in [0.4, 0.5) is 17.3 Å². The normalized spacial score (nSPS) is 19.0. The standard InChI is InChI=1S/C17H29N7O3/c25-24(26)15-16(18-4-8-22-6-2-1-3-7-22)20-14-21-17(15)19-5-9-23-10-12-27-13-11-23/h14H,1-13H2,(H2,18,19,20,21). The number of nitro groups is 1. The number of likely N-dealkylation sites (tertiary alicyclic amines) is 1. The van der Waals surface area contributed by atoms with E-state index < -0.39 is 4.92 Å². The van der Waals surface area contributed by atoms with Gasteiger partial charge in [0.05, 0.1) is 18.1 Å². The number of rotatable bonds is 9. The van der Waals surface area contributed by atoms with Gasteiger partial charge in [-0.2, -0.15) is 0 Å². The van der Waals surface area contributed by atoms with Crippen molar-refractivity contribution in [2.75, 3.05) is 76.2 Å². The van der Waals surface area contributed by atoms with Crippen molar-refractivity contribution >= 4 is 17.3 Å². The molecule has 0 spiro atoms. The molecular weight excluding hydrogens is 350 g/mol. The molecule has 3 rings (SSSR count). The van der Waals surface area contributed by atoms with Crippen molar-refractivity contribution in [3.05, 3.63) is 16.4 Å². The Bertz CT molecular complexity index is 562. The monoisotopic (exact) mass is 379 g/mol. The summed E-state index contributed by atoms with van der Waals surface area (Å²) in [5, 5.41) is 17.8. The van der Waals surface area contributed by atoms with Crippen molar-refractivity contribution in [2.24, 2.45) is 0 Å². The highest BCUT2D eigenvalue weighted by Gasteiger charge is 2.23. The van der Waals surface area contributed by atoms with E-state index >= 15 is 0 Å². The molecule has 0 bridgehead atoms. The van der Waals surface area contributed by atoms with Gasteiger partial charge in [0.25, 0.3) is 0 Å². The second kappa shape index (κ2) is 10.3. The van der Waals surface area contributed by atoms with E-state index in [1.54, 1.807) is 0 Å². The van der Waals surface area contributed by atoms with Crippen LogP contribution in [0.1, 0.15) is 19.3 Å². The summed E-state index contributed by atoms with van der Waals surface area (Å²) in [5.74, 6) is 0.546. The molecule has 1 aromatic rings. The third-order valence-corrected chi connectivity index (χ3v) is 5.00. The van der Waals surface area contributed by atoms with Crippen LogP contribution in [-0.2, 0) is 4.74 Å². The SMILES string of the molecule is O=[N+]([O-])c1c(NCCN2CCCCC2)ncnc1NCCN1CCOCC1. The third kappa shape index (κ3) is 5.98. The number of nitrogens with one attached hydrogen (secondary N) is 2. The Morgan fingerprint density at radius 3 is 2.07 bits per heavy atom. The summed E-state index contributed by atoms with van der Waals surface area (Å²) >= 11 is 0. The number of hydrogen-bond acceptors (Lipinski definition) is 9. The van der Waals surface area contributed by atoms with Crippen LogP contribution < -0.4 is 10.6 Å². The number of anilines is 2. The van der Waals surface area contributed by atoms with Crippen LogP contribution in [-0.4, -0.2) is 90.3 Å². The first-order valence-electron chi connectivity index (χ1n) is 9.73. The van der Waals surface area contributed by atoms with Crippen molar-refractivity contribution in [3.63, 3.8) is 0 Å². The average molecular weight is 379 g/mol. The maximum Gasteiger partial charge on any atom is 0.353 e. The van der Waals surface area contributed by atoms with Crippen LogP contribution >= 0.6 is 0 Å². The van der Waals surface area contributed by atoms with Crippen LogP contribution in [0.15, 0.2) is 6.33 Å². The molecule has 2 N–H and O–H groups in total. The summed E-state index contributed by atoms with van der Waals surface area (Å²) in [6, 6.07) is 0. The lowest BCUT2D eigenvalue weighted by molar-refractivity contribution is -0.383. The van der Waals surface area contributed by atoms with Gasteiger partial charge in [-0.05, 0) is 25.9 Å². The zero-order valence-electron chi connectivity index (χ0n) is 15.7. The quantitative estimate of drug-likeness (QED) is 0.480. The molecule has 150 valence electrons. The number of hydrogen-bond donors (Lipinski definition) is 2. The minimum absolute atomic E-state index is 0.0851. The lowest BCUT2D eigenvalue weighted by Gasteiger charge is -2.26. The summed E-state index contributed by atoms with van der Waals surface area (Å²) in [6.07, 6.45) is 5.11. The molecule has 10 heteroatoms. The molecular formula is C17H29N7O3. The third-order valence-electron chi connectivity index (χ3n) is 5.00. The van der Waals surface area contributed by atoms with Gasteiger partial charge >= 0.3 is 5.69 Å². The Kier molecular flexibility index (Phi) is 7.55. The van der Waals surface area contributed by atoms with E-state index in [0.717, 1.165) is 52.5 Å². The van der Waals surface area contributed by atoms with Gasteiger partial charge in [0, 0.05) is 39.3 Å². The van der Waals surface area contributed by atoms with Crippen LogP contribution in [0.5, 0.6) is 0 Å². The largest absolute Gasteiger partial charge is 0.379 e. The molecule has 1 aromatic heterocycles. The first-order chi connectivity index (χ1) is 13.2. The molecule has 2 aliphatic rings. The predicted molar refractivity (Wildman–Crippen MR) is 103 cm³/mol. The number of ether oxygens (including phenoxy) is 1. The maximum absolute atomic E-state index is 11.6. The van der Waals surface area contributed by atoms with Gasteiger partial charge in [0.2, 0.25) is 11.6 Å². The molecule has 0 unspecified atom stereocenters. The summed E-state index contributed by atoms with van der Waals surface area (Å²) in [5.41, 5.74) is -0.0851. The molecule has 27 heavy (non-hydrogen) atoms. The number of aromatic nitrogens is 2. The van der Waals surface area contributed by atoms with Crippen LogP contribution in [0.2, 0.25) is 0 Å². The minimum Gasteiger partial charge on any atom is -0.379 e. The first-order valence-corrected chi connectivity index (χ1v) is 9.73. The molecule has 0 aromatic carbocycles. The summed E-state index contributed by atoms with van der Waals surface area (Å²) in [7, 11) is 0. The zero-order chi connectivity index (χ0) is 18.9. The van der Waals surface area contributed by atoms with E-state index in [2.05, 4.69) is 30.4 Å². The number of piperidine rings is 1. The van der Waals surface area contributed by atoms with E-state index in [1.807, 2.05) is 0 Å². The van der Waals surface area contributed by atoms with E-state index in [0.29, 0.717) is 13.1 Å². The van der Waals surface area contributed by atoms with Gasteiger partial charge in [-0.3, -0.25) is 15.0 Å². The second-order valence-corrected chi connectivity index (χ2v) is 6.89. The molecule has 10 nitrogen and oxygen atoms in total. The van der Waals surface area contributed by atoms with E-state index in [9.17, 15) is 10.1 Å². The van der Waals surface area contributed by atoms with E-state index in [-0.39, 0.29) is 17.3 Å². The van der Waals surface area contributed by atoms with Crippen LogP contribution in [0.25, 0.3) is 0 Å². The molecule has 2 saturated heterocycles. The predicted octanol–water partition coefficient (Wildman–Crippen LogP) is 1.03. The lowest BCUT2D eigenvalue weighted by Crippen LogP contribution is -2.39. The van der Waals surface area contributed by atoms with Crippen molar-refractivity contribution in [3.8, 4) is 0 Å². The van der Waals surface area contributed by atoms with Gasteiger partial charge in [-0.1, -0.05) is 6.42 Å². The zero-order valence-corrected chi connectivity index (χ0v) is 15.7. The van der Waals surface area contributed by atoms with Gasteiger partial charge in [0.1, 0.15) is 6.33 Å². The topological polar surface area (TPSA) is 109 Å². The lowest BCUT2D eigenvalue weighted by atomic mass is 10.1. The van der Waals surface area contributed by atoms with Crippen LogP contribution in [0.3, 0.4) is 0 Å². The first kappa shape index (κ1) is 19.7. The highest BCUT2D eigenvalue weighted by Crippen LogP contribution is 2.28. The highest BCUT2D eigenvalue weighted by molar-refractivity contribution is 5.69. The van der Waals surface area contributed by atoms with Crippen molar-refractivity contribution in [1.29, 1.82) is 0 Å². The average Bonchev–Trinajstić information content (AvgIpc) is 2.69. The van der Waals surface area contributed by atoms with Crippen LogP contribution in [0, 0.1) is 10.1 Å². The fraction of sp³-hybridized carbons (Fsp3) is 0.765.